The zero-order chi connectivity index (χ0) is 15.1. The first-order chi connectivity index (χ1) is 9.45. The third kappa shape index (κ3) is 4.23. The summed E-state index contributed by atoms with van der Waals surface area (Å²) in [4.78, 5) is 32.5. The first-order valence-electron chi connectivity index (χ1n) is 5.95. The van der Waals surface area contributed by atoms with Crippen molar-refractivity contribution >= 4 is 17.7 Å². The summed E-state index contributed by atoms with van der Waals surface area (Å²) in [7, 11) is 0. The molecule has 0 aromatic heterocycles. The van der Waals surface area contributed by atoms with Gasteiger partial charge in [0.1, 0.15) is 6.04 Å². The van der Waals surface area contributed by atoms with Crippen LogP contribution in [0.5, 0.6) is 0 Å². The molecule has 0 saturated heterocycles. The fourth-order valence-corrected chi connectivity index (χ4v) is 1.56. The highest BCUT2D eigenvalue weighted by atomic mass is 16.6. The van der Waals surface area contributed by atoms with Crippen LogP contribution in [0.1, 0.15) is 18.9 Å². The predicted molar refractivity (Wildman–Crippen MR) is 70.2 cm³/mol. The lowest BCUT2D eigenvalue weighted by Crippen LogP contribution is -2.45. The number of nitro groups is 1. The lowest BCUT2D eigenvalue weighted by Gasteiger charge is -2.13. The van der Waals surface area contributed by atoms with Gasteiger partial charge in [-0.15, -0.1) is 0 Å². The number of nitrogens with one attached hydrogen (secondary N) is 2. The Bertz CT molecular complexity index is 518. The molecule has 0 aliphatic heterocycles. The van der Waals surface area contributed by atoms with Gasteiger partial charge in [-0.3, -0.25) is 10.1 Å². The summed E-state index contributed by atoms with van der Waals surface area (Å²) in [5, 5.41) is 24.2. The van der Waals surface area contributed by atoms with Crippen molar-refractivity contribution in [3.05, 3.63) is 39.9 Å². The van der Waals surface area contributed by atoms with E-state index in [4.69, 9.17) is 5.11 Å². The highest BCUT2D eigenvalue weighted by molar-refractivity contribution is 5.82. The average Bonchev–Trinajstić information content (AvgIpc) is 2.42. The standard InChI is InChI=1S/C12H15N3O5/c1-2-9(11(16)17)14-12(18)13-7-8-5-3-4-6-10(8)15(19)20/h3-6,9H,2,7H2,1H3,(H,16,17)(H2,13,14,18)/t9-/m0/s1. The average molecular weight is 281 g/mol. The molecule has 0 aliphatic rings. The molecule has 0 radical (unpaired) electrons. The summed E-state index contributed by atoms with van der Waals surface area (Å²) in [6, 6.07) is 4.33. The van der Waals surface area contributed by atoms with E-state index < -0.39 is 23.0 Å². The van der Waals surface area contributed by atoms with Gasteiger partial charge in [0, 0.05) is 11.6 Å². The van der Waals surface area contributed by atoms with Crippen LogP contribution in [-0.2, 0) is 11.3 Å². The Kier molecular flexibility index (Phi) is 5.45. The highest BCUT2D eigenvalue weighted by Gasteiger charge is 2.18. The minimum atomic E-state index is -1.13. The van der Waals surface area contributed by atoms with Crippen LogP contribution in [0, 0.1) is 10.1 Å². The third-order valence-corrected chi connectivity index (χ3v) is 2.64. The maximum Gasteiger partial charge on any atom is 0.326 e. The number of nitrogens with zero attached hydrogens (tertiary/aromatic N) is 1. The lowest BCUT2D eigenvalue weighted by atomic mass is 10.2. The molecule has 0 fully saturated rings. The quantitative estimate of drug-likeness (QED) is 0.535. The van der Waals surface area contributed by atoms with E-state index in [9.17, 15) is 19.7 Å². The number of rotatable bonds is 6. The van der Waals surface area contributed by atoms with Crippen molar-refractivity contribution in [2.24, 2.45) is 0 Å². The van der Waals surface area contributed by atoms with Gasteiger partial charge in [-0.2, -0.15) is 0 Å². The van der Waals surface area contributed by atoms with E-state index >= 15 is 0 Å². The molecule has 1 atom stereocenters. The molecule has 1 aromatic rings. The number of carbonyl (C=O) groups is 2. The molecule has 0 unspecified atom stereocenters. The summed E-state index contributed by atoms with van der Waals surface area (Å²) in [6.07, 6.45) is 0.244. The topological polar surface area (TPSA) is 122 Å². The van der Waals surface area contributed by atoms with Crippen molar-refractivity contribution in [1.82, 2.24) is 10.6 Å². The SMILES string of the molecule is CC[C@H](NC(=O)NCc1ccccc1[N+](=O)[O-])C(=O)O. The predicted octanol–water partition coefficient (Wildman–Crippen LogP) is 1.26. The Balaban J connectivity index is 2.61. The lowest BCUT2D eigenvalue weighted by molar-refractivity contribution is -0.385. The maximum absolute atomic E-state index is 11.5. The van der Waals surface area contributed by atoms with Gasteiger partial charge in [-0.05, 0) is 6.42 Å². The van der Waals surface area contributed by atoms with E-state index in [0.29, 0.717) is 5.56 Å². The fourth-order valence-electron chi connectivity index (χ4n) is 1.56. The van der Waals surface area contributed by atoms with Gasteiger partial charge in [0.05, 0.1) is 11.5 Å². The number of hydrogen-bond acceptors (Lipinski definition) is 4. The summed E-state index contributed by atoms with van der Waals surface area (Å²) in [5.41, 5.74) is 0.245. The monoisotopic (exact) mass is 281 g/mol. The van der Waals surface area contributed by atoms with E-state index in [1.807, 2.05) is 0 Å². The van der Waals surface area contributed by atoms with Gasteiger partial charge >= 0.3 is 12.0 Å². The third-order valence-electron chi connectivity index (χ3n) is 2.64. The molecule has 1 aromatic carbocycles. The van der Waals surface area contributed by atoms with Crippen molar-refractivity contribution in [2.75, 3.05) is 0 Å². The Morgan fingerprint density at radius 3 is 2.60 bits per heavy atom. The molecule has 0 saturated carbocycles. The summed E-state index contributed by atoms with van der Waals surface area (Å²) >= 11 is 0. The zero-order valence-electron chi connectivity index (χ0n) is 10.8. The number of benzene rings is 1. The maximum atomic E-state index is 11.5. The molecule has 8 nitrogen and oxygen atoms in total. The number of amides is 2. The molecule has 0 bridgehead atoms. The number of carbonyl (C=O) groups excluding carboxylic acids is 1. The van der Waals surface area contributed by atoms with E-state index in [2.05, 4.69) is 10.6 Å². The van der Waals surface area contributed by atoms with Gasteiger partial charge in [0.2, 0.25) is 0 Å². The molecule has 8 heteroatoms. The van der Waals surface area contributed by atoms with Crippen molar-refractivity contribution in [1.29, 1.82) is 0 Å². The van der Waals surface area contributed by atoms with E-state index in [-0.39, 0.29) is 18.7 Å². The molecule has 0 heterocycles. The highest BCUT2D eigenvalue weighted by Crippen LogP contribution is 2.16. The summed E-state index contributed by atoms with van der Waals surface area (Å²) in [5.74, 6) is -1.13. The van der Waals surface area contributed by atoms with Crippen molar-refractivity contribution in [2.45, 2.75) is 25.9 Å². The van der Waals surface area contributed by atoms with Crippen LogP contribution in [-0.4, -0.2) is 28.1 Å². The summed E-state index contributed by atoms with van der Waals surface area (Å²) < 4.78 is 0. The van der Waals surface area contributed by atoms with Crippen LogP contribution in [0.2, 0.25) is 0 Å². The number of carboxylic acids is 1. The Labute approximate surface area is 114 Å². The number of para-hydroxylation sites is 1. The number of aliphatic carboxylic acids is 1. The molecular formula is C12H15N3O5. The van der Waals surface area contributed by atoms with Gasteiger partial charge in [0.25, 0.3) is 5.69 Å². The van der Waals surface area contributed by atoms with Gasteiger partial charge < -0.3 is 15.7 Å². The summed E-state index contributed by atoms with van der Waals surface area (Å²) in [6.45, 7) is 1.57. The molecule has 2 amide bonds. The second kappa shape index (κ2) is 7.07. The number of urea groups is 1. The minimum Gasteiger partial charge on any atom is -0.480 e. The zero-order valence-corrected chi connectivity index (χ0v) is 10.8. The normalized spacial score (nSPS) is 11.4. The van der Waals surface area contributed by atoms with Crippen LogP contribution in [0.25, 0.3) is 0 Å². The number of hydrogen-bond donors (Lipinski definition) is 3. The minimum absolute atomic E-state index is 0.0565. The van der Waals surface area contributed by atoms with Crippen LogP contribution in [0.3, 0.4) is 0 Å². The van der Waals surface area contributed by atoms with Gasteiger partial charge in [-0.1, -0.05) is 25.1 Å². The molecule has 20 heavy (non-hydrogen) atoms. The Morgan fingerprint density at radius 2 is 2.05 bits per heavy atom. The van der Waals surface area contributed by atoms with Crippen LogP contribution < -0.4 is 10.6 Å². The number of carboxylic acid groups (broad SMARTS) is 1. The Morgan fingerprint density at radius 1 is 1.40 bits per heavy atom. The molecular weight excluding hydrogens is 266 g/mol. The fraction of sp³-hybridized carbons (Fsp3) is 0.333. The van der Waals surface area contributed by atoms with E-state index in [0.717, 1.165) is 0 Å². The van der Waals surface area contributed by atoms with Crippen LogP contribution in [0.15, 0.2) is 24.3 Å². The largest absolute Gasteiger partial charge is 0.480 e. The molecule has 1 rings (SSSR count). The van der Waals surface area contributed by atoms with Crippen molar-refractivity contribution in [3.63, 3.8) is 0 Å². The smallest absolute Gasteiger partial charge is 0.326 e. The second-order valence-corrected chi connectivity index (χ2v) is 4.01. The van der Waals surface area contributed by atoms with Crippen molar-refractivity contribution < 1.29 is 19.6 Å². The van der Waals surface area contributed by atoms with Crippen molar-refractivity contribution in [3.8, 4) is 0 Å². The van der Waals surface area contributed by atoms with Crippen LogP contribution >= 0.6 is 0 Å². The van der Waals surface area contributed by atoms with Gasteiger partial charge in [-0.25, -0.2) is 9.59 Å². The van der Waals surface area contributed by atoms with E-state index in [1.165, 1.54) is 18.2 Å². The molecule has 0 aliphatic carbocycles. The first-order valence-corrected chi connectivity index (χ1v) is 5.95. The first kappa shape index (κ1) is 15.4. The Hall–Kier alpha value is -2.64. The van der Waals surface area contributed by atoms with E-state index in [1.54, 1.807) is 13.0 Å². The molecule has 3 N–H and O–H groups in total. The van der Waals surface area contributed by atoms with Crippen LogP contribution in [0.4, 0.5) is 10.5 Å². The molecule has 108 valence electrons. The number of nitro benzene ring substituents is 1. The second-order valence-electron chi connectivity index (χ2n) is 4.01. The van der Waals surface area contributed by atoms with Gasteiger partial charge in [0.15, 0.2) is 0 Å². The molecule has 0 spiro atoms.